The number of aryl methyl sites for hydroxylation is 1. The molecule has 0 aliphatic carbocycles. The molecule has 1 atom stereocenters. The number of aromatic nitrogens is 2. The van der Waals surface area contributed by atoms with Gasteiger partial charge in [-0.05, 0) is 38.8 Å². The van der Waals surface area contributed by atoms with Gasteiger partial charge in [0.1, 0.15) is 11.4 Å². The molecule has 4 rings (SSSR count). The highest BCUT2D eigenvalue weighted by atomic mass is 16.5. The number of amides is 2. The Labute approximate surface area is 195 Å². The summed E-state index contributed by atoms with van der Waals surface area (Å²) < 4.78 is 13.9. The Morgan fingerprint density at radius 3 is 2.52 bits per heavy atom. The lowest BCUT2D eigenvalue weighted by atomic mass is 10.1. The van der Waals surface area contributed by atoms with Gasteiger partial charge in [-0.2, -0.15) is 5.10 Å². The summed E-state index contributed by atoms with van der Waals surface area (Å²) in [6.07, 6.45) is 2.02. The second-order valence-electron chi connectivity index (χ2n) is 8.66. The predicted octanol–water partition coefficient (Wildman–Crippen LogP) is 4.98. The molecule has 1 unspecified atom stereocenters. The molecule has 2 amide bonds. The number of benzene rings is 2. The van der Waals surface area contributed by atoms with Crippen LogP contribution in [0.25, 0.3) is 11.3 Å². The first-order chi connectivity index (χ1) is 16.0. The number of hydrogen-bond donors (Lipinski definition) is 1. The minimum Gasteiger partial charge on any atom is -0.439 e. The number of nitrogens with one attached hydrogen (secondary N) is 1. The Morgan fingerprint density at radius 2 is 1.88 bits per heavy atom. The summed E-state index contributed by atoms with van der Waals surface area (Å²) in [5, 5.41) is 7.82. The lowest BCUT2D eigenvalue weighted by Crippen LogP contribution is -2.45. The molecule has 2 heterocycles. The number of para-hydroxylation sites is 1. The van der Waals surface area contributed by atoms with Gasteiger partial charge in [-0.3, -0.25) is 0 Å². The van der Waals surface area contributed by atoms with Crippen LogP contribution in [0.2, 0.25) is 0 Å². The first kappa shape index (κ1) is 22.9. The molecule has 174 valence electrons. The molecular formula is C26H32N4O3. The van der Waals surface area contributed by atoms with E-state index >= 15 is 0 Å². The lowest BCUT2D eigenvalue weighted by molar-refractivity contribution is 0.0789. The van der Waals surface area contributed by atoms with E-state index in [9.17, 15) is 4.79 Å². The third-order valence-corrected chi connectivity index (χ3v) is 5.59. The smallest absolute Gasteiger partial charge is 0.317 e. The molecule has 1 N–H and O–H groups in total. The van der Waals surface area contributed by atoms with Crippen molar-refractivity contribution in [1.29, 1.82) is 0 Å². The highest BCUT2D eigenvalue weighted by Gasteiger charge is 2.28. The fourth-order valence-corrected chi connectivity index (χ4v) is 4.03. The average Bonchev–Trinajstić information content (AvgIpc) is 3.43. The third kappa shape index (κ3) is 5.73. The second-order valence-corrected chi connectivity index (χ2v) is 8.66. The van der Waals surface area contributed by atoms with E-state index in [4.69, 9.17) is 14.6 Å². The van der Waals surface area contributed by atoms with Crippen LogP contribution in [0.5, 0.6) is 11.6 Å². The van der Waals surface area contributed by atoms with Crippen LogP contribution >= 0.6 is 0 Å². The Bertz CT molecular complexity index is 1040. The zero-order valence-electron chi connectivity index (χ0n) is 19.5. The second kappa shape index (κ2) is 10.5. The molecule has 7 nitrogen and oxygen atoms in total. The third-order valence-electron chi connectivity index (χ3n) is 5.59. The molecule has 33 heavy (non-hydrogen) atoms. The first-order valence-electron chi connectivity index (χ1n) is 11.5. The highest BCUT2D eigenvalue weighted by molar-refractivity contribution is 5.75. The van der Waals surface area contributed by atoms with Crippen LogP contribution in [-0.2, 0) is 18.3 Å². The van der Waals surface area contributed by atoms with Crippen molar-refractivity contribution in [3.05, 3.63) is 66.2 Å². The van der Waals surface area contributed by atoms with Crippen molar-refractivity contribution in [2.45, 2.75) is 45.4 Å². The van der Waals surface area contributed by atoms with E-state index in [1.165, 1.54) is 0 Å². The molecule has 3 aromatic rings. The molecule has 1 saturated heterocycles. The van der Waals surface area contributed by atoms with E-state index in [1.54, 1.807) is 4.68 Å². The van der Waals surface area contributed by atoms with Crippen LogP contribution in [0, 0.1) is 0 Å². The number of rotatable bonds is 8. The molecule has 0 saturated carbocycles. The lowest BCUT2D eigenvalue weighted by Gasteiger charge is -2.27. The largest absolute Gasteiger partial charge is 0.439 e. The Morgan fingerprint density at radius 1 is 1.18 bits per heavy atom. The fraction of sp³-hybridized carbons (Fsp3) is 0.385. The molecule has 1 fully saturated rings. The predicted molar refractivity (Wildman–Crippen MR) is 128 cm³/mol. The summed E-state index contributed by atoms with van der Waals surface area (Å²) in [6.45, 7) is 5.55. The summed E-state index contributed by atoms with van der Waals surface area (Å²) in [6, 6.07) is 19.6. The van der Waals surface area contributed by atoms with E-state index in [0.29, 0.717) is 19.0 Å². The number of hydrogen-bond acceptors (Lipinski definition) is 4. The quantitative estimate of drug-likeness (QED) is 0.528. The van der Waals surface area contributed by atoms with E-state index in [0.717, 1.165) is 42.0 Å². The van der Waals surface area contributed by atoms with Gasteiger partial charge in [0.05, 0.1) is 18.2 Å². The summed E-state index contributed by atoms with van der Waals surface area (Å²) in [5.74, 6) is 1.34. The van der Waals surface area contributed by atoms with Gasteiger partial charge >= 0.3 is 6.03 Å². The van der Waals surface area contributed by atoms with Gasteiger partial charge in [-0.1, -0.05) is 48.5 Å². The van der Waals surface area contributed by atoms with Crippen LogP contribution in [0.3, 0.4) is 0 Å². The number of carbonyl (C=O) groups is 1. The summed E-state index contributed by atoms with van der Waals surface area (Å²) in [5.41, 5.74) is 2.65. The molecular weight excluding hydrogens is 416 g/mol. The molecule has 7 heteroatoms. The Hall–Kier alpha value is -3.32. The van der Waals surface area contributed by atoms with E-state index < -0.39 is 0 Å². The maximum atomic E-state index is 13.2. The standard InChI is InChI=1S/C26H32N4O3/c1-19(2)27-26(31)30(17-22-15-10-16-32-22)18-23-24(20-11-6-4-7-12-20)28-29(3)25(23)33-21-13-8-5-9-14-21/h4-9,11-14,19,22H,10,15-18H2,1-3H3,(H,27,31). The molecule has 0 spiro atoms. The van der Waals surface area contributed by atoms with E-state index in [2.05, 4.69) is 5.32 Å². The summed E-state index contributed by atoms with van der Waals surface area (Å²) in [7, 11) is 1.87. The molecule has 2 aromatic carbocycles. The molecule has 1 aliphatic heterocycles. The van der Waals surface area contributed by atoms with Crippen molar-refractivity contribution < 1.29 is 14.3 Å². The number of carbonyl (C=O) groups excluding carboxylic acids is 1. The van der Waals surface area contributed by atoms with Gasteiger partial charge < -0.3 is 19.7 Å². The van der Waals surface area contributed by atoms with Crippen molar-refractivity contribution in [2.75, 3.05) is 13.2 Å². The normalized spacial score (nSPS) is 15.6. The van der Waals surface area contributed by atoms with Crippen molar-refractivity contribution >= 4 is 6.03 Å². The van der Waals surface area contributed by atoms with Crippen LogP contribution in [-0.4, -0.2) is 46.0 Å². The van der Waals surface area contributed by atoms with Gasteiger partial charge in [-0.25, -0.2) is 9.48 Å². The topological polar surface area (TPSA) is 68.6 Å². The minimum atomic E-state index is -0.117. The van der Waals surface area contributed by atoms with Gasteiger partial charge in [0.25, 0.3) is 0 Å². The Balaban J connectivity index is 1.72. The van der Waals surface area contributed by atoms with Crippen LogP contribution in [0.1, 0.15) is 32.3 Å². The molecule has 1 aromatic heterocycles. The zero-order chi connectivity index (χ0) is 23.2. The maximum absolute atomic E-state index is 13.2. The van der Waals surface area contributed by atoms with Crippen LogP contribution in [0.15, 0.2) is 60.7 Å². The van der Waals surface area contributed by atoms with Gasteiger partial charge in [0, 0.05) is 31.8 Å². The van der Waals surface area contributed by atoms with Gasteiger partial charge in [-0.15, -0.1) is 0 Å². The van der Waals surface area contributed by atoms with E-state index in [1.807, 2.05) is 86.5 Å². The summed E-state index contributed by atoms with van der Waals surface area (Å²) >= 11 is 0. The minimum absolute atomic E-state index is 0.0343. The van der Waals surface area contributed by atoms with Crippen molar-refractivity contribution in [2.24, 2.45) is 7.05 Å². The summed E-state index contributed by atoms with van der Waals surface area (Å²) in [4.78, 5) is 15.0. The highest BCUT2D eigenvalue weighted by Crippen LogP contribution is 2.34. The molecule has 1 aliphatic rings. The number of ether oxygens (including phenoxy) is 2. The van der Waals surface area contributed by atoms with Gasteiger partial charge in [0.2, 0.25) is 5.88 Å². The van der Waals surface area contributed by atoms with Crippen molar-refractivity contribution in [1.82, 2.24) is 20.0 Å². The van der Waals surface area contributed by atoms with Crippen LogP contribution in [0.4, 0.5) is 4.79 Å². The van der Waals surface area contributed by atoms with Crippen molar-refractivity contribution in [3.8, 4) is 22.9 Å². The Kier molecular flexibility index (Phi) is 7.29. The average molecular weight is 449 g/mol. The molecule has 0 bridgehead atoms. The SMILES string of the molecule is CC(C)NC(=O)N(Cc1c(-c2ccccc2)nn(C)c1Oc1ccccc1)CC1CCCO1. The maximum Gasteiger partial charge on any atom is 0.317 e. The zero-order valence-corrected chi connectivity index (χ0v) is 19.5. The fourth-order valence-electron chi connectivity index (χ4n) is 4.03. The van der Waals surface area contributed by atoms with Crippen LogP contribution < -0.4 is 10.1 Å². The van der Waals surface area contributed by atoms with Crippen molar-refractivity contribution in [3.63, 3.8) is 0 Å². The monoisotopic (exact) mass is 448 g/mol. The number of urea groups is 1. The number of nitrogens with zero attached hydrogens (tertiary/aromatic N) is 3. The molecule has 0 radical (unpaired) electrons. The van der Waals surface area contributed by atoms with Gasteiger partial charge in [0.15, 0.2) is 0 Å². The van der Waals surface area contributed by atoms with E-state index in [-0.39, 0.29) is 18.2 Å². The first-order valence-corrected chi connectivity index (χ1v) is 11.5.